The third-order valence-electron chi connectivity index (χ3n) is 7.10. The van der Waals surface area contributed by atoms with Gasteiger partial charge in [-0.3, -0.25) is 4.79 Å². The van der Waals surface area contributed by atoms with Gasteiger partial charge in [0.25, 0.3) is 5.91 Å². The fourth-order valence-corrected chi connectivity index (χ4v) is 4.63. The number of rotatable bonds is 10. The van der Waals surface area contributed by atoms with Gasteiger partial charge in [0.1, 0.15) is 0 Å². The molecular formula is C33H38N8O3. The second kappa shape index (κ2) is 14.5. The predicted molar refractivity (Wildman–Crippen MR) is 173 cm³/mol. The monoisotopic (exact) mass is 594 g/mol. The Morgan fingerprint density at radius 2 is 1.34 bits per heavy atom. The third kappa shape index (κ3) is 8.36. The van der Waals surface area contributed by atoms with Gasteiger partial charge < -0.3 is 30.5 Å². The van der Waals surface area contributed by atoms with Gasteiger partial charge in [-0.2, -0.15) is 9.97 Å². The van der Waals surface area contributed by atoms with E-state index >= 15 is 0 Å². The zero-order valence-electron chi connectivity index (χ0n) is 25.3. The summed E-state index contributed by atoms with van der Waals surface area (Å²) < 4.78 is 5.51. The minimum Gasteiger partial charge on any atom is -0.378 e. The highest BCUT2D eigenvalue weighted by atomic mass is 16.5. The molecule has 1 aromatic heterocycles. The SMILES string of the molecule is Cc1ccc(-c2nc(-c3ccc(NC(=O)Nc4ccc(C(=O)NCCCN(C)C)cc4)cc3)nc(N3CCOCC3)n2)cc1. The van der Waals surface area contributed by atoms with Crippen LogP contribution in [0.4, 0.5) is 22.1 Å². The van der Waals surface area contributed by atoms with Crippen LogP contribution in [0.2, 0.25) is 0 Å². The number of morpholine rings is 1. The maximum absolute atomic E-state index is 12.7. The van der Waals surface area contributed by atoms with E-state index in [0.29, 0.717) is 67.4 Å². The van der Waals surface area contributed by atoms with Crippen LogP contribution in [-0.4, -0.2) is 85.3 Å². The summed E-state index contributed by atoms with van der Waals surface area (Å²) in [4.78, 5) is 43.6. The van der Waals surface area contributed by atoms with E-state index in [1.165, 1.54) is 0 Å². The Hall–Kier alpha value is -4.87. The van der Waals surface area contributed by atoms with Gasteiger partial charge in [0, 0.05) is 47.7 Å². The summed E-state index contributed by atoms with van der Waals surface area (Å²) in [5.41, 5.74) is 4.61. The number of nitrogens with one attached hydrogen (secondary N) is 3. The van der Waals surface area contributed by atoms with Crippen molar-refractivity contribution in [3.05, 3.63) is 83.9 Å². The molecule has 3 N–H and O–H groups in total. The number of hydrogen-bond donors (Lipinski definition) is 3. The number of carbonyl (C=O) groups is 2. The van der Waals surface area contributed by atoms with Crippen LogP contribution in [0.25, 0.3) is 22.8 Å². The molecule has 0 aliphatic carbocycles. The molecule has 11 nitrogen and oxygen atoms in total. The maximum Gasteiger partial charge on any atom is 0.323 e. The van der Waals surface area contributed by atoms with E-state index in [9.17, 15) is 9.59 Å². The average Bonchev–Trinajstić information content (AvgIpc) is 3.04. The number of nitrogens with zero attached hydrogens (tertiary/aromatic N) is 5. The lowest BCUT2D eigenvalue weighted by molar-refractivity contribution is 0.0952. The van der Waals surface area contributed by atoms with Gasteiger partial charge in [0.2, 0.25) is 5.95 Å². The van der Waals surface area contributed by atoms with Gasteiger partial charge in [-0.05, 0) is 82.5 Å². The van der Waals surface area contributed by atoms with Crippen molar-refractivity contribution in [2.75, 3.05) is 69.0 Å². The molecule has 0 spiro atoms. The summed E-state index contributed by atoms with van der Waals surface area (Å²) >= 11 is 0. The number of hydrogen-bond acceptors (Lipinski definition) is 8. The van der Waals surface area contributed by atoms with Crippen LogP contribution in [0.15, 0.2) is 72.8 Å². The predicted octanol–water partition coefficient (Wildman–Crippen LogP) is 4.68. The van der Waals surface area contributed by atoms with Crippen LogP contribution >= 0.6 is 0 Å². The van der Waals surface area contributed by atoms with Gasteiger partial charge in [-0.15, -0.1) is 0 Å². The van der Waals surface area contributed by atoms with E-state index < -0.39 is 6.03 Å². The molecule has 1 aliphatic rings. The second-order valence-corrected chi connectivity index (χ2v) is 10.9. The highest BCUT2D eigenvalue weighted by molar-refractivity contribution is 6.00. The standard InChI is InChI=1S/C33H38N8O3/c1-23-5-7-24(8-6-23)29-37-30(39-32(38-29)41-19-21-44-22-20-41)25-9-13-27(14-10-25)35-33(43)36-28-15-11-26(12-16-28)31(42)34-17-4-18-40(2)3/h5-16H,4,17-22H2,1-3H3,(H,34,42)(H2,35,36,43). The van der Waals surface area contributed by atoms with Crippen molar-refractivity contribution in [2.45, 2.75) is 13.3 Å². The topological polar surface area (TPSA) is 125 Å². The van der Waals surface area contributed by atoms with Gasteiger partial charge in [0.15, 0.2) is 11.6 Å². The Bertz CT molecular complexity index is 1550. The lowest BCUT2D eigenvalue weighted by atomic mass is 10.1. The summed E-state index contributed by atoms with van der Waals surface area (Å²) in [6, 6.07) is 21.9. The van der Waals surface area contributed by atoms with Crippen LogP contribution < -0.4 is 20.9 Å². The Labute approximate surface area is 257 Å². The van der Waals surface area contributed by atoms with Crippen molar-refractivity contribution < 1.29 is 14.3 Å². The number of urea groups is 1. The summed E-state index contributed by atoms with van der Waals surface area (Å²) in [5, 5.41) is 8.56. The lowest BCUT2D eigenvalue weighted by Crippen LogP contribution is -2.37. The molecule has 1 aliphatic heterocycles. The van der Waals surface area contributed by atoms with E-state index in [4.69, 9.17) is 19.7 Å². The molecule has 0 atom stereocenters. The summed E-state index contributed by atoms with van der Waals surface area (Å²) in [6.07, 6.45) is 0.874. The first kappa shape index (κ1) is 30.6. The largest absolute Gasteiger partial charge is 0.378 e. The van der Waals surface area contributed by atoms with Gasteiger partial charge in [-0.25, -0.2) is 9.78 Å². The van der Waals surface area contributed by atoms with E-state index in [1.807, 2.05) is 69.6 Å². The second-order valence-electron chi connectivity index (χ2n) is 10.9. The smallest absolute Gasteiger partial charge is 0.323 e. The number of anilines is 3. The quantitative estimate of drug-likeness (QED) is 0.226. The number of benzene rings is 3. The number of aryl methyl sites for hydroxylation is 1. The lowest BCUT2D eigenvalue weighted by Gasteiger charge is -2.27. The van der Waals surface area contributed by atoms with Crippen molar-refractivity contribution in [3.63, 3.8) is 0 Å². The van der Waals surface area contributed by atoms with E-state index in [-0.39, 0.29) is 5.91 Å². The molecule has 4 aromatic rings. The summed E-state index contributed by atoms with van der Waals surface area (Å²) in [7, 11) is 4.00. The molecule has 1 fully saturated rings. The van der Waals surface area contributed by atoms with Crippen molar-refractivity contribution in [2.24, 2.45) is 0 Å². The Morgan fingerprint density at radius 3 is 1.91 bits per heavy atom. The molecule has 0 unspecified atom stereocenters. The first-order valence-corrected chi connectivity index (χ1v) is 14.7. The van der Waals surface area contributed by atoms with E-state index in [0.717, 1.165) is 29.7 Å². The summed E-state index contributed by atoms with van der Waals surface area (Å²) in [5.74, 6) is 1.63. The normalized spacial score (nSPS) is 13.0. The molecular weight excluding hydrogens is 556 g/mol. The van der Waals surface area contributed by atoms with Crippen LogP contribution in [-0.2, 0) is 4.74 Å². The summed E-state index contributed by atoms with van der Waals surface area (Å²) in [6.45, 7) is 6.23. The molecule has 1 saturated heterocycles. The molecule has 2 heterocycles. The highest BCUT2D eigenvalue weighted by Crippen LogP contribution is 2.25. The molecule has 44 heavy (non-hydrogen) atoms. The Kier molecular flexibility index (Phi) is 10.1. The number of ether oxygens (including phenoxy) is 1. The fourth-order valence-electron chi connectivity index (χ4n) is 4.63. The highest BCUT2D eigenvalue weighted by Gasteiger charge is 2.18. The molecule has 3 aromatic carbocycles. The average molecular weight is 595 g/mol. The van der Waals surface area contributed by atoms with Crippen molar-refractivity contribution in [1.82, 2.24) is 25.2 Å². The zero-order valence-corrected chi connectivity index (χ0v) is 25.3. The van der Waals surface area contributed by atoms with Crippen LogP contribution in [0.5, 0.6) is 0 Å². The van der Waals surface area contributed by atoms with Crippen LogP contribution in [0.1, 0.15) is 22.3 Å². The third-order valence-corrected chi connectivity index (χ3v) is 7.10. The molecule has 0 bridgehead atoms. The van der Waals surface area contributed by atoms with E-state index in [1.54, 1.807) is 24.3 Å². The van der Waals surface area contributed by atoms with Crippen LogP contribution in [0, 0.1) is 6.92 Å². The molecule has 3 amide bonds. The van der Waals surface area contributed by atoms with Gasteiger partial charge in [-0.1, -0.05) is 29.8 Å². The van der Waals surface area contributed by atoms with Crippen LogP contribution in [0.3, 0.4) is 0 Å². The zero-order chi connectivity index (χ0) is 30.9. The molecule has 11 heteroatoms. The first-order valence-electron chi connectivity index (χ1n) is 14.7. The Balaban J connectivity index is 1.23. The molecule has 5 rings (SSSR count). The first-order chi connectivity index (χ1) is 21.3. The number of aromatic nitrogens is 3. The Morgan fingerprint density at radius 1 is 0.795 bits per heavy atom. The van der Waals surface area contributed by atoms with Crippen molar-refractivity contribution in [1.29, 1.82) is 0 Å². The molecule has 0 saturated carbocycles. The van der Waals surface area contributed by atoms with Gasteiger partial charge >= 0.3 is 6.03 Å². The number of carbonyl (C=O) groups excluding carboxylic acids is 2. The fraction of sp³-hybridized carbons (Fsp3) is 0.303. The van der Waals surface area contributed by atoms with Crippen molar-refractivity contribution >= 4 is 29.3 Å². The number of amides is 3. The minimum absolute atomic E-state index is 0.138. The molecule has 0 radical (unpaired) electrons. The molecule has 228 valence electrons. The van der Waals surface area contributed by atoms with Gasteiger partial charge in [0.05, 0.1) is 13.2 Å². The maximum atomic E-state index is 12.7. The van der Waals surface area contributed by atoms with E-state index in [2.05, 4.69) is 25.8 Å². The minimum atomic E-state index is -0.393. The van der Waals surface area contributed by atoms with Crippen molar-refractivity contribution in [3.8, 4) is 22.8 Å².